The molecule has 0 saturated carbocycles. The minimum Gasteiger partial charge on any atom is -0.497 e. The molecule has 11 heteroatoms. The summed E-state index contributed by atoms with van der Waals surface area (Å²) in [5.74, 6) is 1.61. The molecule has 190 valence electrons. The van der Waals surface area contributed by atoms with Crippen LogP contribution in [0.2, 0.25) is 0 Å². The molecule has 3 heterocycles. The van der Waals surface area contributed by atoms with Gasteiger partial charge in [-0.15, -0.1) is 0 Å². The Morgan fingerprint density at radius 1 is 1.14 bits per heavy atom. The topological polar surface area (TPSA) is 124 Å². The molecule has 0 atom stereocenters. The summed E-state index contributed by atoms with van der Waals surface area (Å²) >= 11 is 0. The van der Waals surface area contributed by atoms with Crippen molar-refractivity contribution >= 4 is 27.4 Å². The first-order valence-electron chi connectivity index (χ1n) is 11.8. The van der Waals surface area contributed by atoms with Crippen molar-refractivity contribution in [3.8, 4) is 11.4 Å². The van der Waals surface area contributed by atoms with E-state index in [1.54, 1.807) is 56.1 Å². The van der Waals surface area contributed by atoms with Gasteiger partial charge in [-0.2, -0.15) is 4.98 Å². The fourth-order valence-corrected chi connectivity index (χ4v) is 5.01. The Hall–Kier alpha value is -4.22. The molecule has 3 aromatic heterocycles. The Balaban J connectivity index is 1.31. The van der Waals surface area contributed by atoms with E-state index in [1.165, 1.54) is 0 Å². The van der Waals surface area contributed by atoms with E-state index < -0.39 is 10.0 Å². The van der Waals surface area contributed by atoms with Crippen molar-refractivity contribution < 1.29 is 17.6 Å². The van der Waals surface area contributed by atoms with Gasteiger partial charge in [0.05, 0.1) is 17.7 Å². The van der Waals surface area contributed by atoms with E-state index >= 15 is 0 Å². The molecule has 1 aliphatic carbocycles. The highest BCUT2D eigenvalue weighted by Crippen LogP contribution is 2.32. The average molecular weight is 519 g/mol. The number of anilines is 1. The lowest BCUT2D eigenvalue weighted by Crippen LogP contribution is -2.26. The molecule has 1 aromatic carbocycles. The van der Waals surface area contributed by atoms with Gasteiger partial charge in [-0.3, -0.25) is 4.40 Å². The number of fused-ring (bicyclic) bond motifs is 1. The Labute approximate surface area is 214 Å². The third-order valence-corrected chi connectivity index (χ3v) is 7.18. The molecule has 0 aliphatic heterocycles. The van der Waals surface area contributed by atoms with Crippen molar-refractivity contribution in [2.75, 3.05) is 25.5 Å². The first-order valence-corrected chi connectivity index (χ1v) is 13.2. The van der Waals surface area contributed by atoms with Crippen molar-refractivity contribution in [1.29, 1.82) is 0 Å². The molecule has 37 heavy (non-hydrogen) atoms. The molecular formula is C26H26N6O4S. The largest absolute Gasteiger partial charge is 0.497 e. The lowest BCUT2D eigenvalue weighted by Gasteiger charge is -2.09. The van der Waals surface area contributed by atoms with Gasteiger partial charge >= 0.3 is 5.84 Å². The number of nitrogens with zero attached hydrogens (tertiary/aromatic N) is 4. The highest BCUT2D eigenvalue weighted by molar-refractivity contribution is 7.89. The maximum absolute atomic E-state index is 12.4. The van der Waals surface area contributed by atoms with Crippen molar-refractivity contribution in [3.63, 3.8) is 0 Å². The van der Waals surface area contributed by atoms with Crippen LogP contribution >= 0.6 is 0 Å². The van der Waals surface area contributed by atoms with Gasteiger partial charge in [-0.05, 0) is 43.2 Å². The zero-order chi connectivity index (χ0) is 25.7. The predicted molar refractivity (Wildman–Crippen MR) is 140 cm³/mol. The van der Waals surface area contributed by atoms with E-state index in [0.29, 0.717) is 30.5 Å². The van der Waals surface area contributed by atoms with Gasteiger partial charge in [0.1, 0.15) is 23.4 Å². The summed E-state index contributed by atoms with van der Waals surface area (Å²) < 4.78 is 40.2. The zero-order valence-electron chi connectivity index (χ0n) is 20.2. The van der Waals surface area contributed by atoms with E-state index in [1.807, 2.05) is 28.7 Å². The van der Waals surface area contributed by atoms with Crippen LogP contribution in [0, 0.1) is 0 Å². The molecule has 1 aliphatic rings. The maximum Gasteiger partial charge on any atom is 0.306 e. The van der Waals surface area contributed by atoms with Crippen LogP contribution in [0.1, 0.15) is 18.5 Å². The monoisotopic (exact) mass is 518 g/mol. The van der Waals surface area contributed by atoms with E-state index in [-0.39, 0.29) is 11.4 Å². The first-order chi connectivity index (χ1) is 18.0. The van der Waals surface area contributed by atoms with Gasteiger partial charge in [0.25, 0.3) is 0 Å². The summed E-state index contributed by atoms with van der Waals surface area (Å²) in [5, 5.41) is 3.17. The van der Waals surface area contributed by atoms with E-state index in [9.17, 15) is 8.42 Å². The summed E-state index contributed by atoms with van der Waals surface area (Å²) in [4.78, 5) is 14.0. The summed E-state index contributed by atoms with van der Waals surface area (Å²) in [6, 6.07) is 10.1. The number of sulfonamides is 1. The first kappa shape index (κ1) is 24.5. The van der Waals surface area contributed by atoms with Gasteiger partial charge in [0.2, 0.25) is 16.0 Å². The van der Waals surface area contributed by atoms with Crippen LogP contribution in [0.15, 0.2) is 94.4 Å². The van der Waals surface area contributed by atoms with Crippen LogP contribution < -0.4 is 10.0 Å². The van der Waals surface area contributed by atoms with Crippen LogP contribution in [0.3, 0.4) is 0 Å². The molecule has 5 rings (SSSR count). The molecule has 0 fully saturated rings. The summed E-state index contributed by atoms with van der Waals surface area (Å²) in [7, 11) is -1.90. The minimum absolute atomic E-state index is 0.244. The SMILES string of the molecule is COC1=CC(c2nc3occn3c2-c2ccnc(NCCCNS(=O)(=O)c3ccccc3)n2)=CCC=C1. The van der Waals surface area contributed by atoms with E-state index in [4.69, 9.17) is 19.1 Å². The molecule has 2 N–H and O–H groups in total. The van der Waals surface area contributed by atoms with E-state index in [2.05, 4.69) is 21.1 Å². The molecule has 0 unspecified atom stereocenters. The second-order valence-electron chi connectivity index (χ2n) is 8.17. The zero-order valence-corrected chi connectivity index (χ0v) is 21.0. The number of imidazole rings is 1. The van der Waals surface area contributed by atoms with Crippen LogP contribution in [0.4, 0.5) is 5.95 Å². The number of oxazole rings is 1. The predicted octanol–water partition coefficient (Wildman–Crippen LogP) is 4.04. The van der Waals surface area contributed by atoms with Gasteiger partial charge in [-0.25, -0.2) is 23.1 Å². The lowest BCUT2D eigenvalue weighted by atomic mass is 10.1. The molecule has 0 amide bonds. The fourth-order valence-electron chi connectivity index (χ4n) is 3.92. The van der Waals surface area contributed by atoms with Crippen LogP contribution in [-0.2, 0) is 14.8 Å². The summed E-state index contributed by atoms with van der Waals surface area (Å²) in [5.41, 5.74) is 3.05. The Kier molecular flexibility index (Phi) is 7.15. The Morgan fingerprint density at radius 3 is 2.84 bits per heavy atom. The quantitative estimate of drug-likeness (QED) is 0.302. The van der Waals surface area contributed by atoms with Crippen LogP contribution in [0.25, 0.3) is 22.8 Å². The van der Waals surface area contributed by atoms with Gasteiger partial charge in [0.15, 0.2) is 0 Å². The lowest BCUT2D eigenvalue weighted by molar-refractivity contribution is 0.307. The number of allylic oxidation sites excluding steroid dienone is 5. The van der Waals surface area contributed by atoms with Gasteiger partial charge in [-0.1, -0.05) is 30.4 Å². The van der Waals surface area contributed by atoms with Crippen molar-refractivity contribution in [1.82, 2.24) is 24.1 Å². The number of benzene rings is 1. The minimum atomic E-state index is -3.53. The number of nitrogens with one attached hydrogen (secondary N) is 2. The number of ether oxygens (including phenoxy) is 1. The second kappa shape index (κ2) is 10.8. The molecule has 10 nitrogen and oxygen atoms in total. The third kappa shape index (κ3) is 5.47. The van der Waals surface area contributed by atoms with Crippen molar-refractivity contribution in [3.05, 3.63) is 90.8 Å². The highest BCUT2D eigenvalue weighted by atomic mass is 32.2. The standard InChI is InChI=1S/C26H26N6O4S/c1-35-20-9-6-5-8-19(18-20)23-24(32-16-17-36-26(32)31-23)22-12-15-28-25(30-22)27-13-7-14-29-37(33,34)21-10-3-2-4-11-21/h2-4,6,8-12,15-18,29H,5,7,13-14H2,1H3,(H,27,28,30). The second-order valence-corrected chi connectivity index (χ2v) is 9.94. The molecule has 0 spiro atoms. The molecule has 0 radical (unpaired) electrons. The van der Waals surface area contributed by atoms with Crippen LogP contribution in [-0.4, -0.2) is 48.0 Å². The number of hydrogen-bond acceptors (Lipinski definition) is 8. The average Bonchev–Trinajstić information content (AvgIpc) is 3.42. The Morgan fingerprint density at radius 2 is 2.00 bits per heavy atom. The summed E-state index contributed by atoms with van der Waals surface area (Å²) in [6.45, 7) is 0.764. The van der Waals surface area contributed by atoms with Gasteiger partial charge in [0, 0.05) is 31.1 Å². The molecular weight excluding hydrogens is 492 g/mol. The maximum atomic E-state index is 12.4. The van der Waals surface area contributed by atoms with Gasteiger partial charge < -0.3 is 14.5 Å². The third-order valence-electron chi connectivity index (χ3n) is 5.71. The van der Waals surface area contributed by atoms with Crippen LogP contribution in [0.5, 0.6) is 0 Å². The van der Waals surface area contributed by atoms with E-state index in [0.717, 1.165) is 29.1 Å². The van der Waals surface area contributed by atoms with Crippen molar-refractivity contribution in [2.45, 2.75) is 17.7 Å². The number of hydrogen-bond donors (Lipinski definition) is 2. The molecule has 0 saturated heterocycles. The smallest absolute Gasteiger partial charge is 0.306 e. The molecule has 4 aromatic rings. The number of methoxy groups -OCH3 is 1. The fraction of sp³-hybridized carbons (Fsp3) is 0.192. The Bertz CT molecular complexity index is 1590. The molecule has 0 bridgehead atoms. The normalized spacial score (nSPS) is 13.8. The highest BCUT2D eigenvalue weighted by Gasteiger charge is 2.21. The summed E-state index contributed by atoms with van der Waals surface area (Å²) in [6.07, 6.45) is 14.3. The van der Waals surface area contributed by atoms with Crippen molar-refractivity contribution in [2.24, 2.45) is 0 Å². The number of aromatic nitrogens is 4. The number of rotatable bonds is 10.